The topological polar surface area (TPSA) is 109 Å². The Morgan fingerprint density at radius 2 is 1.92 bits per heavy atom. The number of rotatable bonds is 7. The molecule has 0 saturated carbocycles. The van der Waals surface area contributed by atoms with Crippen molar-refractivity contribution in [1.82, 2.24) is 4.48 Å². The van der Waals surface area contributed by atoms with Crippen LogP contribution in [0.15, 0.2) is 62.4 Å². The van der Waals surface area contributed by atoms with Crippen LogP contribution in [0.5, 0.6) is 0 Å². The van der Waals surface area contributed by atoms with Gasteiger partial charge in [0.15, 0.2) is 23.3 Å². The van der Waals surface area contributed by atoms with Gasteiger partial charge in [0.1, 0.15) is 0 Å². The predicted molar refractivity (Wildman–Crippen MR) is 153 cm³/mol. The number of nitrogens with zero attached hydrogens (tertiary/aromatic N) is 2. The van der Waals surface area contributed by atoms with Gasteiger partial charge in [-0.3, -0.25) is 4.55 Å². The van der Waals surface area contributed by atoms with E-state index in [2.05, 4.69) is 24.3 Å². The van der Waals surface area contributed by atoms with E-state index in [9.17, 15) is 22.9 Å². The molecule has 0 radical (unpaired) electrons. The molecule has 1 saturated heterocycles. The number of piperidine rings is 1. The van der Waals surface area contributed by atoms with Gasteiger partial charge in [-0.05, 0) is 74.2 Å². The zero-order valence-electron chi connectivity index (χ0n) is 22.4. The third kappa shape index (κ3) is 5.43. The summed E-state index contributed by atoms with van der Waals surface area (Å²) in [7, 11) is -4.07. The van der Waals surface area contributed by atoms with E-state index in [4.69, 9.17) is 4.42 Å². The van der Waals surface area contributed by atoms with Gasteiger partial charge in [0.25, 0.3) is 15.6 Å². The van der Waals surface area contributed by atoms with E-state index in [0.29, 0.717) is 28.9 Å². The van der Waals surface area contributed by atoms with Gasteiger partial charge in [-0.15, -0.1) is 0 Å². The van der Waals surface area contributed by atoms with E-state index in [1.165, 1.54) is 0 Å². The summed E-state index contributed by atoms with van der Waals surface area (Å²) in [4.78, 5) is 13.6. The number of hydrogen-bond acceptors (Lipinski definition) is 5. The summed E-state index contributed by atoms with van der Waals surface area (Å²) in [5.41, 5.74) is 5.65. The Labute approximate surface area is 233 Å². The highest BCUT2D eigenvalue weighted by Crippen LogP contribution is 2.55. The van der Waals surface area contributed by atoms with E-state index in [0.717, 1.165) is 57.2 Å². The number of thioether (sulfide) groups is 1. The molecule has 5 rings (SSSR count). The van der Waals surface area contributed by atoms with Crippen LogP contribution in [0.25, 0.3) is 17.2 Å². The SMILES string of the molecule is CC(=Cc1oc2ccc(C)cc2[n+]1CCCS(=O)(=O)O)C=C1Sc2ccc(C)cc2[N+]12CCCCC2C(=O)O. The van der Waals surface area contributed by atoms with Crippen LogP contribution in [0.3, 0.4) is 0 Å². The fourth-order valence-corrected chi connectivity index (χ4v) is 7.71. The largest absolute Gasteiger partial charge is 0.477 e. The van der Waals surface area contributed by atoms with Gasteiger partial charge in [0, 0.05) is 31.1 Å². The van der Waals surface area contributed by atoms with Crippen LogP contribution in [0.1, 0.15) is 49.6 Å². The lowest BCUT2D eigenvalue weighted by molar-refractivity contribution is -0.677. The molecule has 10 heteroatoms. The average Bonchev–Trinajstić information content (AvgIpc) is 3.33. The number of carbonyl (C=O) groups is 1. The normalized spacial score (nSPS) is 22.6. The molecule has 1 spiro atoms. The smallest absolute Gasteiger partial charge is 0.374 e. The molecule has 39 heavy (non-hydrogen) atoms. The fourth-order valence-electron chi connectivity index (χ4n) is 5.81. The minimum absolute atomic E-state index is 0.234. The number of aromatic nitrogens is 1. The van der Waals surface area contributed by atoms with Gasteiger partial charge in [0.05, 0.1) is 23.3 Å². The summed E-state index contributed by atoms with van der Waals surface area (Å²) in [5.74, 6) is -0.548. The summed E-state index contributed by atoms with van der Waals surface area (Å²) in [6, 6.07) is 11.6. The highest BCUT2D eigenvalue weighted by atomic mass is 32.2. The molecule has 0 bridgehead atoms. The fraction of sp³-hybridized carbons (Fsp3) is 0.379. The van der Waals surface area contributed by atoms with Crippen LogP contribution in [0.4, 0.5) is 5.69 Å². The Balaban J connectivity index is 1.59. The lowest BCUT2D eigenvalue weighted by atomic mass is 9.96. The van der Waals surface area contributed by atoms with Crippen molar-refractivity contribution in [2.75, 3.05) is 12.3 Å². The summed E-state index contributed by atoms with van der Waals surface area (Å²) >= 11 is 1.64. The molecule has 2 N–H and O–H groups in total. The maximum Gasteiger partial charge on any atom is 0.374 e. The number of quaternary nitrogens is 1. The molecule has 2 aliphatic heterocycles. The van der Waals surface area contributed by atoms with Crippen molar-refractivity contribution < 1.29 is 31.9 Å². The minimum atomic E-state index is -4.07. The third-order valence-corrected chi connectivity index (χ3v) is 9.60. The Morgan fingerprint density at radius 3 is 2.67 bits per heavy atom. The van der Waals surface area contributed by atoms with Gasteiger partial charge >= 0.3 is 11.9 Å². The first-order valence-corrected chi connectivity index (χ1v) is 15.6. The van der Waals surface area contributed by atoms with Crippen LogP contribution < -0.4 is 9.05 Å². The quantitative estimate of drug-likeness (QED) is 0.216. The zero-order chi connectivity index (χ0) is 27.9. The first-order chi connectivity index (χ1) is 18.5. The average molecular weight is 571 g/mol. The molecule has 8 nitrogen and oxygen atoms in total. The summed E-state index contributed by atoms with van der Waals surface area (Å²) in [6.07, 6.45) is 6.70. The van der Waals surface area contributed by atoms with Crippen molar-refractivity contribution in [3.05, 3.63) is 70.1 Å². The summed E-state index contributed by atoms with van der Waals surface area (Å²) < 4.78 is 40.3. The van der Waals surface area contributed by atoms with E-state index in [-0.39, 0.29) is 12.2 Å². The van der Waals surface area contributed by atoms with E-state index in [1.54, 1.807) is 11.8 Å². The van der Waals surface area contributed by atoms with Crippen LogP contribution in [-0.4, -0.2) is 42.4 Å². The van der Waals surface area contributed by atoms with Crippen molar-refractivity contribution in [3.8, 4) is 0 Å². The monoisotopic (exact) mass is 570 g/mol. The zero-order valence-corrected chi connectivity index (χ0v) is 24.0. The van der Waals surface area contributed by atoms with Crippen LogP contribution in [0, 0.1) is 13.8 Å². The Bertz CT molecular complexity index is 1620. The maximum absolute atomic E-state index is 12.5. The number of carboxylic acid groups (broad SMARTS) is 1. The molecule has 0 amide bonds. The number of benzene rings is 2. The number of aryl methyl sites for hydroxylation is 3. The highest BCUT2D eigenvalue weighted by Gasteiger charge is 2.54. The van der Waals surface area contributed by atoms with Crippen molar-refractivity contribution in [1.29, 1.82) is 0 Å². The molecule has 3 heterocycles. The molecule has 3 aromatic rings. The lowest BCUT2D eigenvalue weighted by Crippen LogP contribution is -2.59. The minimum Gasteiger partial charge on any atom is -0.477 e. The number of hydrogen-bond donors (Lipinski definition) is 2. The highest BCUT2D eigenvalue weighted by molar-refractivity contribution is 8.03. The molecule has 2 unspecified atom stereocenters. The number of carboxylic acids is 1. The number of oxazole rings is 1. The van der Waals surface area contributed by atoms with E-state index in [1.807, 2.05) is 49.6 Å². The van der Waals surface area contributed by atoms with Gasteiger partial charge < -0.3 is 9.52 Å². The van der Waals surface area contributed by atoms with Gasteiger partial charge in [0.2, 0.25) is 5.58 Å². The second kappa shape index (κ2) is 10.6. The predicted octanol–water partition coefficient (Wildman–Crippen LogP) is 5.61. The first-order valence-electron chi connectivity index (χ1n) is 13.2. The van der Waals surface area contributed by atoms with Gasteiger partial charge in [-0.2, -0.15) is 13.0 Å². The molecule has 1 aromatic heterocycles. The number of aliphatic carboxylic acids is 1. The van der Waals surface area contributed by atoms with Crippen molar-refractivity contribution >= 4 is 50.7 Å². The lowest BCUT2D eigenvalue weighted by Gasteiger charge is -2.42. The molecular formula is C29H34N2O6S2+2. The summed E-state index contributed by atoms with van der Waals surface area (Å²) in [6.45, 7) is 7.08. The number of allylic oxidation sites excluding steroid dienone is 2. The molecule has 2 aromatic carbocycles. The summed E-state index contributed by atoms with van der Waals surface area (Å²) in [5, 5.41) is 11.3. The van der Waals surface area contributed by atoms with E-state index >= 15 is 0 Å². The number of fused-ring (bicyclic) bond motifs is 3. The standard InChI is InChI=1S/C29H32N2O6S2/c1-19-8-10-25-22(15-19)30(12-6-14-39(34,35)36)27(37-25)17-21(3)18-28-31(13-5-4-7-23(31)29(32)33)24-16-20(2)9-11-26(24)38-28/h8-11,15-18,23H,4-7,12-14H2,1-3H3/p+2. The second-order valence-corrected chi connectivity index (χ2v) is 13.2. The van der Waals surface area contributed by atoms with Crippen molar-refractivity contribution in [2.45, 2.75) is 63.9 Å². The van der Waals surface area contributed by atoms with Gasteiger partial charge in [-0.1, -0.05) is 12.1 Å². The van der Waals surface area contributed by atoms with Crippen LogP contribution in [-0.2, 0) is 21.5 Å². The van der Waals surface area contributed by atoms with Crippen LogP contribution >= 0.6 is 11.8 Å². The molecule has 1 fully saturated rings. The maximum atomic E-state index is 12.5. The van der Waals surface area contributed by atoms with Gasteiger partial charge in [-0.25, -0.2) is 9.28 Å². The third-order valence-electron chi connectivity index (χ3n) is 7.58. The molecule has 0 aliphatic carbocycles. The molecule has 2 aliphatic rings. The Morgan fingerprint density at radius 1 is 1.18 bits per heavy atom. The van der Waals surface area contributed by atoms with Crippen molar-refractivity contribution in [3.63, 3.8) is 0 Å². The molecule has 206 valence electrons. The molecule has 2 atom stereocenters. The first kappa shape index (κ1) is 27.6. The van der Waals surface area contributed by atoms with Crippen LogP contribution in [0.2, 0.25) is 0 Å². The second-order valence-electron chi connectivity index (χ2n) is 10.6. The Hall–Kier alpha value is -2.92. The molecular weight excluding hydrogens is 536 g/mol. The van der Waals surface area contributed by atoms with Crippen molar-refractivity contribution in [2.24, 2.45) is 0 Å². The Kier molecular flexibility index (Phi) is 7.49. The van der Waals surface area contributed by atoms with E-state index < -0.39 is 22.1 Å².